The summed E-state index contributed by atoms with van der Waals surface area (Å²) in [4.78, 5) is 1.42. The van der Waals surface area contributed by atoms with Crippen LogP contribution in [0.5, 0.6) is 0 Å². The molecule has 0 N–H and O–H groups in total. The number of benzene rings is 1. The molecule has 0 radical (unpaired) electrons. The van der Waals surface area contributed by atoms with E-state index in [1.54, 1.807) is 14.1 Å². The normalized spacial score (nSPS) is 30.7. The van der Waals surface area contributed by atoms with Gasteiger partial charge in [0.15, 0.2) is 9.84 Å². The summed E-state index contributed by atoms with van der Waals surface area (Å²) in [5, 5.41) is -0.712. The van der Waals surface area contributed by atoms with Crippen molar-refractivity contribution >= 4 is 19.9 Å². The quantitative estimate of drug-likeness (QED) is 0.767. The van der Waals surface area contributed by atoms with Gasteiger partial charge in [-0.1, -0.05) is 12.1 Å². The summed E-state index contributed by atoms with van der Waals surface area (Å²) in [7, 11) is -3.80. The Balaban J connectivity index is 1.95. The van der Waals surface area contributed by atoms with E-state index in [-0.39, 0.29) is 30.8 Å². The Hall–Kier alpha value is -1.03. The average Bonchev–Trinajstić information content (AvgIpc) is 2.99. The molecule has 2 aliphatic rings. The first-order valence-electron chi connectivity index (χ1n) is 7.27. The van der Waals surface area contributed by atoms with Crippen molar-refractivity contribution < 1.29 is 21.2 Å². The van der Waals surface area contributed by atoms with Crippen LogP contribution >= 0.6 is 0 Å². The Morgan fingerprint density at radius 1 is 1.22 bits per heavy atom. The monoisotopic (exact) mass is 362 g/mol. The molecule has 3 atom stereocenters. The maximum atomic E-state index is 13.9. The van der Waals surface area contributed by atoms with Crippen molar-refractivity contribution in [2.45, 2.75) is 16.2 Å². The van der Waals surface area contributed by atoms with E-state index in [1.807, 2.05) is 4.90 Å². The van der Waals surface area contributed by atoms with Gasteiger partial charge in [-0.3, -0.25) is 0 Å². The van der Waals surface area contributed by atoms with Crippen molar-refractivity contribution in [1.82, 2.24) is 9.21 Å². The van der Waals surface area contributed by atoms with E-state index in [9.17, 15) is 21.2 Å². The second-order valence-corrected chi connectivity index (χ2v) is 10.5. The van der Waals surface area contributed by atoms with E-state index < -0.39 is 35.8 Å². The molecule has 0 saturated carbocycles. The van der Waals surface area contributed by atoms with E-state index in [4.69, 9.17) is 0 Å². The van der Waals surface area contributed by atoms with Crippen LogP contribution < -0.4 is 0 Å². The lowest BCUT2D eigenvalue weighted by atomic mass is 10.00. The summed E-state index contributed by atoms with van der Waals surface area (Å²) in [6.07, 6.45) is 0. The molecule has 0 unspecified atom stereocenters. The largest absolute Gasteiger partial charge is 0.305 e. The standard InChI is InChI=1S/C14H19FN2O4S2/c1-16(2)12-9-22(18,19)14-8-17(7-10(12)14)23(20,21)13-6-4-3-5-11(13)15/h3-6,10,12,14H,7-9H2,1-2H3/t10-,12+,14-/m0/s1. The van der Waals surface area contributed by atoms with Gasteiger partial charge >= 0.3 is 0 Å². The van der Waals surface area contributed by atoms with E-state index >= 15 is 0 Å². The highest BCUT2D eigenvalue weighted by Crippen LogP contribution is 2.38. The summed E-state index contributed by atoms with van der Waals surface area (Å²) in [6, 6.07) is 4.94. The van der Waals surface area contributed by atoms with Crippen LogP contribution in [0.2, 0.25) is 0 Å². The van der Waals surface area contributed by atoms with Gasteiger partial charge in [-0.15, -0.1) is 0 Å². The minimum absolute atomic E-state index is 0.0446. The molecule has 9 heteroatoms. The molecule has 2 saturated heterocycles. The molecule has 0 aromatic heterocycles. The van der Waals surface area contributed by atoms with Crippen LogP contribution in [0, 0.1) is 11.7 Å². The first-order valence-corrected chi connectivity index (χ1v) is 10.4. The summed E-state index contributed by atoms with van der Waals surface area (Å²) in [6.45, 7) is -0.00256. The van der Waals surface area contributed by atoms with Gasteiger partial charge in [-0.25, -0.2) is 21.2 Å². The van der Waals surface area contributed by atoms with Crippen molar-refractivity contribution in [2.24, 2.45) is 5.92 Å². The SMILES string of the molecule is CN(C)[C@@H]1CS(=O)(=O)[C@H]2CN(S(=O)(=O)c3ccccc3F)C[C@@H]12. The highest BCUT2D eigenvalue weighted by Gasteiger charge is 2.55. The fraction of sp³-hybridized carbons (Fsp3) is 0.571. The van der Waals surface area contributed by atoms with E-state index in [0.29, 0.717) is 0 Å². The first-order chi connectivity index (χ1) is 10.6. The molecule has 2 heterocycles. The average molecular weight is 362 g/mol. The van der Waals surface area contributed by atoms with E-state index in [1.165, 1.54) is 18.2 Å². The maximum Gasteiger partial charge on any atom is 0.246 e. The van der Waals surface area contributed by atoms with Gasteiger partial charge in [-0.05, 0) is 26.2 Å². The molecule has 3 rings (SSSR count). The van der Waals surface area contributed by atoms with Gasteiger partial charge in [0.2, 0.25) is 10.0 Å². The number of fused-ring (bicyclic) bond motifs is 1. The van der Waals surface area contributed by atoms with E-state index in [0.717, 1.165) is 10.4 Å². The molecule has 0 spiro atoms. The number of nitrogens with zero attached hydrogens (tertiary/aromatic N) is 2. The number of sulfone groups is 1. The summed E-state index contributed by atoms with van der Waals surface area (Å²) < 4.78 is 64.9. The smallest absolute Gasteiger partial charge is 0.246 e. The Kier molecular flexibility index (Phi) is 4.03. The second-order valence-electron chi connectivity index (χ2n) is 6.32. The van der Waals surface area contributed by atoms with E-state index in [2.05, 4.69) is 0 Å². The number of hydrogen-bond donors (Lipinski definition) is 0. The summed E-state index contributed by atoms with van der Waals surface area (Å²) in [5.41, 5.74) is 0. The fourth-order valence-corrected chi connectivity index (χ4v) is 7.66. The minimum atomic E-state index is -4.04. The molecule has 1 aromatic carbocycles. The molecule has 128 valence electrons. The fourth-order valence-electron chi connectivity index (χ4n) is 3.52. The molecular formula is C14H19FN2O4S2. The number of sulfonamides is 1. The van der Waals surface area contributed by atoms with Crippen molar-refractivity contribution in [2.75, 3.05) is 32.9 Å². The van der Waals surface area contributed by atoms with Gasteiger partial charge in [-0.2, -0.15) is 4.31 Å². The molecule has 0 amide bonds. The maximum absolute atomic E-state index is 13.9. The van der Waals surface area contributed by atoms with Crippen molar-refractivity contribution in [3.8, 4) is 0 Å². The van der Waals surface area contributed by atoms with Crippen LogP contribution in [0.4, 0.5) is 4.39 Å². The Bertz CT molecular complexity index is 823. The van der Waals surface area contributed by atoms with Gasteiger partial charge in [0.25, 0.3) is 0 Å². The predicted octanol–water partition coefficient (Wildman–Crippen LogP) is 0.173. The Morgan fingerprint density at radius 2 is 1.87 bits per heavy atom. The molecule has 6 nitrogen and oxygen atoms in total. The lowest BCUT2D eigenvalue weighted by Crippen LogP contribution is -2.38. The number of halogens is 1. The topological polar surface area (TPSA) is 74.8 Å². The molecule has 2 aliphatic heterocycles. The molecule has 2 fully saturated rings. The van der Waals surface area contributed by atoms with Crippen LogP contribution in [0.15, 0.2) is 29.2 Å². The Labute approximate surface area is 135 Å². The summed E-state index contributed by atoms with van der Waals surface area (Å²) >= 11 is 0. The molecular weight excluding hydrogens is 343 g/mol. The van der Waals surface area contributed by atoms with Crippen LogP contribution in [-0.2, 0) is 19.9 Å². The van der Waals surface area contributed by atoms with Crippen molar-refractivity contribution in [3.05, 3.63) is 30.1 Å². The highest BCUT2D eigenvalue weighted by atomic mass is 32.2. The second kappa shape index (κ2) is 5.51. The van der Waals surface area contributed by atoms with Crippen molar-refractivity contribution in [1.29, 1.82) is 0 Å². The summed E-state index contributed by atoms with van der Waals surface area (Å²) in [5.74, 6) is -1.06. The highest BCUT2D eigenvalue weighted by molar-refractivity contribution is 7.92. The van der Waals surface area contributed by atoms with Gasteiger partial charge in [0, 0.05) is 25.0 Å². The van der Waals surface area contributed by atoms with Crippen LogP contribution in [0.25, 0.3) is 0 Å². The van der Waals surface area contributed by atoms with Crippen molar-refractivity contribution in [3.63, 3.8) is 0 Å². The van der Waals surface area contributed by atoms with Gasteiger partial charge in [0.05, 0.1) is 11.0 Å². The zero-order valence-electron chi connectivity index (χ0n) is 12.9. The molecule has 0 bridgehead atoms. The van der Waals surface area contributed by atoms with Crippen LogP contribution in [-0.4, -0.2) is 70.3 Å². The molecule has 23 heavy (non-hydrogen) atoms. The third-order valence-electron chi connectivity index (χ3n) is 4.75. The van der Waals surface area contributed by atoms with Gasteiger partial charge in [0.1, 0.15) is 10.7 Å². The third-order valence-corrected chi connectivity index (χ3v) is 8.84. The van der Waals surface area contributed by atoms with Gasteiger partial charge < -0.3 is 4.90 Å². The minimum Gasteiger partial charge on any atom is -0.305 e. The van der Waals surface area contributed by atoms with Crippen LogP contribution in [0.3, 0.4) is 0 Å². The number of hydrogen-bond acceptors (Lipinski definition) is 5. The van der Waals surface area contributed by atoms with Crippen LogP contribution in [0.1, 0.15) is 0 Å². The lowest BCUT2D eigenvalue weighted by Gasteiger charge is -2.24. The molecule has 0 aliphatic carbocycles. The first kappa shape index (κ1) is 16.8. The zero-order valence-corrected chi connectivity index (χ0v) is 14.5. The lowest BCUT2D eigenvalue weighted by molar-refractivity contribution is 0.249. The third kappa shape index (κ3) is 2.69. The zero-order chi connectivity index (χ0) is 17.0. The Morgan fingerprint density at radius 3 is 2.48 bits per heavy atom. The molecule has 1 aromatic rings. The number of rotatable bonds is 3. The predicted molar refractivity (Wildman–Crippen MR) is 83.7 cm³/mol.